The minimum Gasteiger partial charge on any atom is -0.349 e. The van der Waals surface area contributed by atoms with Crippen molar-refractivity contribution in [3.8, 4) is 0 Å². The van der Waals surface area contributed by atoms with E-state index < -0.39 is 0 Å². The Morgan fingerprint density at radius 2 is 1.71 bits per heavy atom. The fraction of sp³-hybridized carbons (Fsp3) is 0.923. The molecule has 0 aromatic heterocycles. The van der Waals surface area contributed by atoms with E-state index in [4.69, 9.17) is 0 Å². The maximum absolute atomic E-state index is 12.3. The molecule has 1 N–H and O–H groups in total. The Morgan fingerprint density at radius 1 is 1.18 bits per heavy atom. The summed E-state index contributed by atoms with van der Waals surface area (Å²) in [4.78, 5) is 12.3. The average molecular weight is 369 g/mol. The van der Waals surface area contributed by atoms with E-state index in [1.165, 1.54) is 25.7 Å². The van der Waals surface area contributed by atoms with Gasteiger partial charge in [0, 0.05) is 16.6 Å². The lowest BCUT2D eigenvalue weighted by molar-refractivity contribution is -0.126. The third kappa shape index (κ3) is 4.55. The zero-order valence-corrected chi connectivity index (χ0v) is 13.8. The topological polar surface area (TPSA) is 29.1 Å². The molecule has 0 aromatic carbocycles. The van der Waals surface area contributed by atoms with Gasteiger partial charge < -0.3 is 5.32 Å². The van der Waals surface area contributed by atoms with Crippen LogP contribution in [-0.2, 0) is 4.79 Å². The number of rotatable bonds is 5. The zero-order chi connectivity index (χ0) is 12.7. The Hall–Kier alpha value is 0.430. The summed E-state index contributed by atoms with van der Waals surface area (Å²) in [7, 11) is 0. The lowest BCUT2D eigenvalue weighted by Gasteiger charge is -2.31. The molecular formula is C13H23Br2NO. The van der Waals surface area contributed by atoms with Gasteiger partial charge in [0.05, 0.1) is 5.54 Å². The molecule has 17 heavy (non-hydrogen) atoms. The van der Waals surface area contributed by atoms with Crippen LogP contribution in [0.4, 0.5) is 0 Å². The van der Waals surface area contributed by atoms with Crippen molar-refractivity contribution in [3.63, 3.8) is 0 Å². The number of carbonyl (C=O) groups is 1. The number of nitrogens with one attached hydrogen (secondary N) is 1. The van der Waals surface area contributed by atoms with Crippen LogP contribution >= 0.6 is 31.9 Å². The molecule has 100 valence electrons. The van der Waals surface area contributed by atoms with Crippen LogP contribution < -0.4 is 5.32 Å². The van der Waals surface area contributed by atoms with Crippen LogP contribution in [0.2, 0.25) is 0 Å². The molecule has 4 heteroatoms. The van der Waals surface area contributed by atoms with E-state index in [1.807, 2.05) is 0 Å². The summed E-state index contributed by atoms with van der Waals surface area (Å²) in [5.74, 6) is 0.495. The first-order chi connectivity index (χ1) is 8.17. The zero-order valence-electron chi connectivity index (χ0n) is 10.6. The van der Waals surface area contributed by atoms with Crippen molar-refractivity contribution in [2.75, 3.05) is 10.7 Å². The molecule has 0 aromatic rings. The van der Waals surface area contributed by atoms with Crippen LogP contribution in [0.25, 0.3) is 0 Å². The first-order valence-corrected chi connectivity index (χ1v) is 8.85. The molecule has 1 fully saturated rings. The van der Waals surface area contributed by atoms with E-state index >= 15 is 0 Å². The van der Waals surface area contributed by atoms with Gasteiger partial charge in [0.2, 0.25) is 5.91 Å². The molecule has 0 unspecified atom stereocenters. The normalized spacial score (nSPS) is 18.8. The van der Waals surface area contributed by atoms with Crippen LogP contribution in [0.3, 0.4) is 0 Å². The standard InChI is InChI=1S/C13H23Br2NO/c1-2-13(9-14,10-15)16-12(17)11-7-5-3-4-6-8-11/h11H,2-10H2,1H3,(H,16,17). The summed E-state index contributed by atoms with van der Waals surface area (Å²) in [6, 6.07) is 0. The first kappa shape index (κ1) is 15.5. The van der Waals surface area contributed by atoms with E-state index in [9.17, 15) is 4.79 Å². The highest BCUT2D eigenvalue weighted by atomic mass is 79.9. The monoisotopic (exact) mass is 367 g/mol. The number of carbonyl (C=O) groups excluding carboxylic acids is 1. The van der Waals surface area contributed by atoms with Crippen LogP contribution in [0.15, 0.2) is 0 Å². The Balaban J connectivity index is 2.56. The maximum Gasteiger partial charge on any atom is 0.223 e. The van der Waals surface area contributed by atoms with Crippen LogP contribution in [-0.4, -0.2) is 22.1 Å². The van der Waals surface area contributed by atoms with Gasteiger partial charge in [0.1, 0.15) is 0 Å². The van der Waals surface area contributed by atoms with Crippen molar-refractivity contribution in [1.29, 1.82) is 0 Å². The molecule has 0 bridgehead atoms. The summed E-state index contributed by atoms with van der Waals surface area (Å²) in [5.41, 5.74) is -0.122. The summed E-state index contributed by atoms with van der Waals surface area (Å²) in [6.45, 7) is 2.12. The lowest BCUT2D eigenvalue weighted by atomic mass is 9.95. The molecule has 0 spiro atoms. The molecule has 1 aliphatic carbocycles. The molecular weight excluding hydrogens is 346 g/mol. The van der Waals surface area contributed by atoms with Crippen molar-refractivity contribution >= 4 is 37.8 Å². The van der Waals surface area contributed by atoms with Gasteiger partial charge in [0.15, 0.2) is 0 Å². The Kier molecular flexibility index (Phi) is 7.08. The van der Waals surface area contributed by atoms with Gasteiger partial charge in [-0.25, -0.2) is 0 Å². The second-order valence-corrected chi connectivity index (χ2v) is 6.20. The number of halogens is 2. The lowest BCUT2D eigenvalue weighted by Crippen LogP contribution is -2.52. The van der Waals surface area contributed by atoms with E-state index in [-0.39, 0.29) is 17.4 Å². The van der Waals surface area contributed by atoms with Gasteiger partial charge in [-0.05, 0) is 19.3 Å². The third-order valence-corrected chi connectivity index (χ3v) is 5.95. The fourth-order valence-corrected chi connectivity index (χ4v) is 4.29. The summed E-state index contributed by atoms with van der Waals surface area (Å²) in [5, 5.41) is 4.86. The molecule has 0 radical (unpaired) electrons. The predicted octanol–water partition coefficient (Wildman–Crippen LogP) is 4.01. The highest BCUT2D eigenvalue weighted by Crippen LogP contribution is 2.25. The highest BCUT2D eigenvalue weighted by Gasteiger charge is 2.30. The second kappa shape index (κ2) is 7.78. The Labute approximate surface area is 122 Å². The van der Waals surface area contributed by atoms with Gasteiger partial charge in [-0.15, -0.1) is 0 Å². The van der Waals surface area contributed by atoms with Gasteiger partial charge >= 0.3 is 0 Å². The summed E-state index contributed by atoms with van der Waals surface area (Å²) >= 11 is 7.03. The maximum atomic E-state index is 12.3. The number of hydrogen-bond donors (Lipinski definition) is 1. The van der Waals surface area contributed by atoms with E-state index in [0.29, 0.717) is 0 Å². The van der Waals surface area contributed by atoms with Gasteiger partial charge in [-0.2, -0.15) is 0 Å². The minimum atomic E-state index is -0.122. The van der Waals surface area contributed by atoms with Crippen molar-refractivity contribution in [3.05, 3.63) is 0 Å². The van der Waals surface area contributed by atoms with E-state index in [1.54, 1.807) is 0 Å². The molecule has 1 rings (SSSR count). The van der Waals surface area contributed by atoms with E-state index in [0.717, 1.165) is 29.9 Å². The number of alkyl halides is 2. The largest absolute Gasteiger partial charge is 0.349 e. The van der Waals surface area contributed by atoms with Crippen LogP contribution in [0, 0.1) is 5.92 Å². The van der Waals surface area contributed by atoms with Crippen molar-refractivity contribution in [2.45, 2.75) is 57.4 Å². The van der Waals surface area contributed by atoms with E-state index in [2.05, 4.69) is 44.1 Å². The predicted molar refractivity (Wildman–Crippen MR) is 79.9 cm³/mol. The average Bonchev–Trinajstić information content (AvgIpc) is 2.65. The molecule has 2 nitrogen and oxygen atoms in total. The SMILES string of the molecule is CCC(CBr)(CBr)NC(=O)C1CCCCCC1. The Morgan fingerprint density at radius 3 is 2.12 bits per heavy atom. The molecule has 0 saturated heterocycles. The molecule has 1 aliphatic rings. The Bertz CT molecular complexity index is 225. The third-order valence-electron chi connectivity index (χ3n) is 3.80. The van der Waals surface area contributed by atoms with Crippen LogP contribution in [0.1, 0.15) is 51.9 Å². The number of hydrogen-bond acceptors (Lipinski definition) is 1. The quantitative estimate of drug-likeness (QED) is 0.576. The summed E-state index contributed by atoms with van der Waals surface area (Å²) in [6.07, 6.45) is 8.08. The first-order valence-electron chi connectivity index (χ1n) is 6.61. The van der Waals surface area contributed by atoms with Crippen molar-refractivity contribution in [1.82, 2.24) is 5.32 Å². The molecule has 1 saturated carbocycles. The fourth-order valence-electron chi connectivity index (χ4n) is 2.28. The van der Waals surface area contributed by atoms with Crippen molar-refractivity contribution < 1.29 is 4.79 Å². The second-order valence-electron chi connectivity index (χ2n) is 5.08. The van der Waals surface area contributed by atoms with Gasteiger partial charge in [-0.1, -0.05) is 64.5 Å². The minimum absolute atomic E-state index is 0.122. The molecule has 0 heterocycles. The van der Waals surface area contributed by atoms with Gasteiger partial charge in [-0.3, -0.25) is 4.79 Å². The molecule has 0 atom stereocenters. The summed E-state index contributed by atoms with van der Waals surface area (Å²) < 4.78 is 0. The van der Waals surface area contributed by atoms with Crippen molar-refractivity contribution in [2.24, 2.45) is 5.92 Å². The smallest absolute Gasteiger partial charge is 0.223 e. The number of amides is 1. The van der Waals surface area contributed by atoms with Crippen LogP contribution in [0.5, 0.6) is 0 Å². The molecule has 1 amide bonds. The molecule has 0 aliphatic heterocycles. The highest BCUT2D eigenvalue weighted by molar-refractivity contribution is 9.09. The van der Waals surface area contributed by atoms with Gasteiger partial charge in [0.25, 0.3) is 0 Å².